The van der Waals surface area contributed by atoms with Crippen molar-refractivity contribution in [2.24, 2.45) is 0 Å². The molecule has 0 saturated carbocycles. The van der Waals surface area contributed by atoms with Gasteiger partial charge < -0.3 is 9.84 Å². The van der Waals surface area contributed by atoms with Crippen molar-refractivity contribution < 1.29 is 9.84 Å². The maximum atomic E-state index is 10.0. The summed E-state index contributed by atoms with van der Waals surface area (Å²) < 4.78 is 7.02. The van der Waals surface area contributed by atoms with E-state index in [-0.39, 0.29) is 6.10 Å². The number of aliphatic hydroxyl groups excluding tert-OH is 1. The molecule has 2 nitrogen and oxygen atoms in total. The molecule has 2 aromatic carbocycles. The number of aliphatic hydroxyl groups is 1. The number of fused-ring (bicyclic) bond motifs is 1. The predicted octanol–water partition coefficient (Wildman–Crippen LogP) is 4.40. The summed E-state index contributed by atoms with van der Waals surface area (Å²) in [5.74, 6) is 0.907. The van der Waals surface area contributed by atoms with Gasteiger partial charge in [0.15, 0.2) is 0 Å². The van der Waals surface area contributed by atoms with E-state index in [1.54, 1.807) is 0 Å². The number of rotatable bonds is 3. The highest BCUT2D eigenvalue weighted by Crippen LogP contribution is 2.35. The quantitative estimate of drug-likeness (QED) is 0.902. The van der Waals surface area contributed by atoms with Crippen LogP contribution in [0.4, 0.5) is 0 Å². The lowest BCUT2D eigenvalue weighted by Gasteiger charge is -2.23. The number of hydrogen-bond acceptors (Lipinski definition) is 2. The fourth-order valence-corrected chi connectivity index (χ4v) is 2.93. The lowest BCUT2D eigenvalue weighted by molar-refractivity contribution is 0.155. The molecular weight excluding hydrogens is 316 g/mol. The fraction of sp³-hybridized carbons (Fsp3) is 0.294. The summed E-state index contributed by atoms with van der Waals surface area (Å²) in [6, 6.07) is 14.1. The van der Waals surface area contributed by atoms with E-state index in [9.17, 15) is 5.11 Å². The van der Waals surface area contributed by atoms with E-state index >= 15 is 0 Å². The molecule has 0 heterocycles. The molecule has 1 atom stereocenters. The Morgan fingerprint density at radius 2 is 1.95 bits per heavy atom. The Morgan fingerprint density at radius 1 is 1.15 bits per heavy atom. The monoisotopic (exact) mass is 332 g/mol. The summed E-state index contributed by atoms with van der Waals surface area (Å²) in [6.07, 6.45) is 2.52. The Balaban J connectivity index is 1.78. The van der Waals surface area contributed by atoms with Crippen molar-refractivity contribution >= 4 is 15.9 Å². The van der Waals surface area contributed by atoms with Crippen molar-refractivity contribution in [3.8, 4) is 5.75 Å². The first-order valence-electron chi connectivity index (χ1n) is 6.91. The van der Waals surface area contributed by atoms with Crippen LogP contribution in [0.5, 0.6) is 5.75 Å². The molecule has 3 rings (SSSR count). The van der Waals surface area contributed by atoms with Crippen LogP contribution >= 0.6 is 15.9 Å². The highest BCUT2D eigenvalue weighted by Gasteiger charge is 2.20. The Hall–Kier alpha value is -1.32. The Morgan fingerprint density at radius 3 is 2.75 bits per heavy atom. The van der Waals surface area contributed by atoms with Gasteiger partial charge in [0.05, 0.1) is 6.10 Å². The highest BCUT2D eigenvalue weighted by molar-refractivity contribution is 9.10. The molecule has 1 N–H and O–H groups in total. The van der Waals surface area contributed by atoms with Gasteiger partial charge in [-0.25, -0.2) is 0 Å². The van der Waals surface area contributed by atoms with Crippen LogP contribution in [-0.2, 0) is 13.0 Å². The third-order valence-corrected chi connectivity index (χ3v) is 4.27. The zero-order chi connectivity index (χ0) is 13.9. The standard InChI is InChI=1S/C17H17BrO2/c18-13-9-7-12(8-10-13)11-20-17-6-2-3-14-15(17)4-1-5-16(14)19/h2-3,6-10,16,19H,1,4-5,11H2. The Labute approximate surface area is 127 Å². The molecule has 104 valence electrons. The normalized spacial score (nSPS) is 17.6. The van der Waals surface area contributed by atoms with E-state index < -0.39 is 0 Å². The van der Waals surface area contributed by atoms with E-state index in [4.69, 9.17) is 4.74 Å². The van der Waals surface area contributed by atoms with Crippen LogP contribution in [0, 0.1) is 0 Å². The van der Waals surface area contributed by atoms with Gasteiger partial charge in [0.1, 0.15) is 12.4 Å². The topological polar surface area (TPSA) is 29.5 Å². The first kappa shape index (κ1) is 13.7. The maximum absolute atomic E-state index is 10.0. The second kappa shape index (κ2) is 5.98. The van der Waals surface area contributed by atoms with Crippen LogP contribution in [0.25, 0.3) is 0 Å². The summed E-state index contributed by atoms with van der Waals surface area (Å²) >= 11 is 3.43. The van der Waals surface area contributed by atoms with Gasteiger partial charge in [-0.15, -0.1) is 0 Å². The zero-order valence-electron chi connectivity index (χ0n) is 11.2. The number of halogens is 1. The number of ether oxygens (including phenoxy) is 1. The summed E-state index contributed by atoms with van der Waals surface area (Å²) in [6.45, 7) is 0.555. The molecular formula is C17H17BrO2. The van der Waals surface area contributed by atoms with E-state index in [1.165, 1.54) is 5.56 Å². The molecule has 3 heteroatoms. The molecule has 0 aliphatic heterocycles. The zero-order valence-corrected chi connectivity index (χ0v) is 12.8. The Bertz CT molecular complexity index is 592. The highest BCUT2D eigenvalue weighted by atomic mass is 79.9. The lowest BCUT2D eigenvalue weighted by atomic mass is 9.89. The first-order valence-corrected chi connectivity index (χ1v) is 7.70. The SMILES string of the molecule is OC1CCCc2c(OCc3ccc(Br)cc3)cccc21. The summed E-state index contributed by atoms with van der Waals surface area (Å²) in [4.78, 5) is 0. The van der Waals surface area contributed by atoms with Gasteiger partial charge in [-0.3, -0.25) is 0 Å². The summed E-state index contributed by atoms with van der Waals surface area (Å²) in [5, 5.41) is 10.0. The van der Waals surface area contributed by atoms with Crippen molar-refractivity contribution in [2.75, 3.05) is 0 Å². The second-order valence-corrected chi connectivity index (χ2v) is 6.06. The van der Waals surface area contributed by atoms with Gasteiger partial charge in [0.2, 0.25) is 0 Å². The van der Waals surface area contributed by atoms with E-state index in [0.717, 1.165) is 40.6 Å². The fourth-order valence-electron chi connectivity index (χ4n) is 2.67. The molecule has 0 aromatic heterocycles. The molecule has 0 saturated heterocycles. The van der Waals surface area contributed by atoms with Crippen molar-refractivity contribution in [1.82, 2.24) is 0 Å². The van der Waals surface area contributed by atoms with Gasteiger partial charge in [-0.1, -0.05) is 40.2 Å². The van der Waals surface area contributed by atoms with Gasteiger partial charge >= 0.3 is 0 Å². The average molecular weight is 333 g/mol. The van der Waals surface area contributed by atoms with Crippen LogP contribution in [-0.4, -0.2) is 5.11 Å². The van der Waals surface area contributed by atoms with E-state index in [2.05, 4.69) is 15.9 Å². The maximum Gasteiger partial charge on any atom is 0.123 e. The molecule has 0 amide bonds. The van der Waals surface area contributed by atoms with Crippen molar-refractivity contribution in [2.45, 2.75) is 32.0 Å². The minimum atomic E-state index is -0.338. The molecule has 0 bridgehead atoms. The van der Waals surface area contributed by atoms with E-state index in [1.807, 2.05) is 42.5 Å². The third kappa shape index (κ3) is 2.89. The predicted molar refractivity (Wildman–Crippen MR) is 82.8 cm³/mol. The smallest absolute Gasteiger partial charge is 0.123 e. The van der Waals surface area contributed by atoms with Gasteiger partial charge in [0.25, 0.3) is 0 Å². The van der Waals surface area contributed by atoms with Crippen LogP contribution in [0.3, 0.4) is 0 Å². The van der Waals surface area contributed by atoms with Gasteiger partial charge in [0, 0.05) is 4.47 Å². The molecule has 2 aromatic rings. The largest absolute Gasteiger partial charge is 0.489 e. The molecule has 20 heavy (non-hydrogen) atoms. The first-order chi connectivity index (χ1) is 9.74. The van der Waals surface area contributed by atoms with Crippen molar-refractivity contribution in [3.63, 3.8) is 0 Å². The van der Waals surface area contributed by atoms with Gasteiger partial charge in [-0.2, -0.15) is 0 Å². The van der Waals surface area contributed by atoms with E-state index in [0.29, 0.717) is 6.61 Å². The lowest BCUT2D eigenvalue weighted by Crippen LogP contribution is -2.11. The molecule has 0 spiro atoms. The minimum Gasteiger partial charge on any atom is -0.489 e. The van der Waals surface area contributed by atoms with Crippen LogP contribution in [0.2, 0.25) is 0 Å². The van der Waals surface area contributed by atoms with Crippen LogP contribution in [0.15, 0.2) is 46.9 Å². The molecule has 1 unspecified atom stereocenters. The average Bonchev–Trinajstić information content (AvgIpc) is 2.47. The summed E-state index contributed by atoms with van der Waals surface area (Å²) in [5.41, 5.74) is 3.34. The van der Waals surface area contributed by atoms with Crippen LogP contribution in [0.1, 0.15) is 35.6 Å². The number of hydrogen-bond donors (Lipinski definition) is 1. The molecule has 1 aliphatic carbocycles. The molecule has 1 aliphatic rings. The third-order valence-electron chi connectivity index (χ3n) is 3.74. The number of benzene rings is 2. The summed E-state index contributed by atoms with van der Waals surface area (Å²) in [7, 11) is 0. The van der Waals surface area contributed by atoms with Crippen molar-refractivity contribution in [3.05, 3.63) is 63.6 Å². The van der Waals surface area contributed by atoms with Crippen LogP contribution < -0.4 is 4.74 Å². The molecule has 0 fully saturated rings. The molecule has 0 radical (unpaired) electrons. The Kier molecular flexibility index (Phi) is 4.08. The minimum absolute atomic E-state index is 0.338. The van der Waals surface area contributed by atoms with Gasteiger partial charge in [-0.05, 0) is 54.2 Å². The second-order valence-electron chi connectivity index (χ2n) is 5.15. The van der Waals surface area contributed by atoms with Crippen molar-refractivity contribution in [1.29, 1.82) is 0 Å².